The Morgan fingerprint density at radius 1 is 1.60 bits per heavy atom. The Hall–Kier alpha value is -1.95. The average Bonchev–Trinajstić information content (AvgIpc) is 2.59. The van der Waals surface area contributed by atoms with Crippen molar-refractivity contribution in [3.05, 3.63) is 30.5 Å². The summed E-state index contributed by atoms with van der Waals surface area (Å²) in [5.74, 6) is -0.925. The highest BCUT2D eigenvalue weighted by molar-refractivity contribution is 5.67. The Balaban J connectivity index is 2.39. The third-order valence-corrected chi connectivity index (χ3v) is 2.12. The summed E-state index contributed by atoms with van der Waals surface area (Å²) in [6, 6.07) is -0.556. The minimum Gasteiger partial charge on any atom is -0.481 e. The summed E-state index contributed by atoms with van der Waals surface area (Å²) in [6.07, 6.45) is 6.36. The van der Waals surface area contributed by atoms with Crippen molar-refractivity contribution in [2.75, 3.05) is 0 Å². The fourth-order valence-electron chi connectivity index (χ4n) is 1.43. The summed E-state index contributed by atoms with van der Waals surface area (Å²) in [4.78, 5) is 18.5. The van der Waals surface area contributed by atoms with Gasteiger partial charge in [0.25, 0.3) is 0 Å². The summed E-state index contributed by atoms with van der Waals surface area (Å²) >= 11 is 0. The van der Waals surface area contributed by atoms with E-state index in [9.17, 15) is 4.79 Å². The average molecular weight is 206 g/mol. The number of carbonyl (C=O) groups is 1. The standard InChI is InChI=1S/C9H10N4O2/c10-6(3-9(14)15)7-4-12-8-5-11-1-2-13(7)8/h1-2,4-6H,3,10H2,(H,14,15). The van der Waals surface area contributed by atoms with Crippen molar-refractivity contribution < 1.29 is 9.90 Å². The van der Waals surface area contributed by atoms with E-state index in [1.165, 1.54) is 0 Å². The van der Waals surface area contributed by atoms with Crippen LogP contribution in [-0.2, 0) is 4.79 Å². The highest BCUT2D eigenvalue weighted by Gasteiger charge is 2.14. The molecule has 15 heavy (non-hydrogen) atoms. The van der Waals surface area contributed by atoms with E-state index in [0.717, 1.165) is 0 Å². The maximum atomic E-state index is 10.5. The maximum Gasteiger partial charge on any atom is 0.305 e. The van der Waals surface area contributed by atoms with Gasteiger partial charge >= 0.3 is 5.97 Å². The van der Waals surface area contributed by atoms with Gasteiger partial charge in [0.1, 0.15) is 0 Å². The van der Waals surface area contributed by atoms with E-state index in [4.69, 9.17) is 10.8 Å². The summed E-state index contributed by atoms with van der Waals surface area (Å²) in [6.45, 7) is 0. The highest BCUT2D eigenvalue weighted by atomic mass is 16.4. The third-order valence-electron chi connectivity index (χ3n) is 2.12. The van der Waals surface area contributed by atoms with Gasteiger partial charge in [-0.3, -0.25) is 14.2 Å². The van der Waals surface area contributed by atoms with Crippen molar-refractivity contribution in [2.24, 2.45) is 5.73 Å². The van der Waals surface area contributed by atoms with Crippen LogP contribution in [-0.4, -0.2) is 25.4 Å². The van der Waals surface area contributed by atoms with Gasteiger partial charge in [-0.1, -0.05) is 0 Å². The number of aromatic nitrogens is 3. The second kappa shape index (κ2) is 3.66. The van der Waals surface area contributed by atoms with Crippen LogP contribution in [0.3, 0.4) is 0 Å². The van der Waals surface area contributed by atoms with Gasteiger partial charge in [0, 0.05) is 12.4 Å². The summed E-state index contributed by atoms with van der Waals surface area (Å²) < 4.78 is 1.74. The van der Waals surface area contributed by atoms with Gasteiger partial charge < -0.3 is 10.8 Å². The van der Waals surface area contributed by atoms with Crippen molar-refractivity contribution in [3.63, 3.8) is 0 Å². The van der Waals surface area contributed by atoms with E-state index in [1.54, 1.807) is 29.2 Å². The molecule has 0 bridgehead atoms. The molecular formula is C9H10N4O2. The molecule has 2 aromatic rings. The molecule has 0 aliphatic carbocycles. The molecule has 1 unspecified atom stereocenters. The SMILES string of the molecule is NC(CC(=O)O)c1cnc2cnccn12. The van der Waals surface area contributed by atoms with E-state index in [2.05, 4.69) is 9.97 Å². The molecule has 0 aliphatic heterocycles. The lowest BCUT2D eigenvalue weighted by molar-refractivity contribution is -0.137. The van der Waals surface area contributed by atoms with Gasteiger partial charge in [0.15, 0.2) is 5.65 Å². The largest absolute Gasteiger partial charge is 0.481 e. The Labute approximate surface area is 85.4 Å². The van der Waals surface area contributed by atoms with E-state index >= 15 is 0 Å². The van der Waals surface area contributed by atoms with Gasteiger partial charge in [-0.05, 0) is 0 Å². The summed E-state index contributed by atoms with van der Waals surface area (Å²) in [5, 5.41) is 8.63. The second-order valence-corrected chi connectivity index (χ2v) is 3.19. The second-order valence-electron chi connectivity index (χ2n) is 3.19. The quantitative estimate of drug-likeness (QED) is 0.748. The zero-order chi connectivity index (χ0) is 10.8. The number of aliphatic carboxylic acids is 1. The molecule has 0 spiro atoms. The van der Waals surface area contributed by atoms with Crippen LogP contribution in [0.1, 0.15) is 18.2 Å². The Morgan fingerprint density at radius 3 is 3.13 bits per heavy atom. The molecule has 6 heteroatoms. The number of hydrogen-bond acceptors (Lipinski definition) is 4. The lowest BCUT2D eigenvalue weighted by Gasteiger charge is -2.07. The van der Waals surface area contributed by atoms with Gasteiger partial charge in [-0.2, -0.15) is 0 Å². The van der Waals surface area contributed by atoms with Crippen LogP contribution >= 0.6 is 0 Å². The Bertz CT molecular complexity index is 494. The highest BCUT2D eigenvalue weighted by Crippen LogP contribution is 2.14. The van der Waals surface area contributed by atoms with Crippen LogP contribution in [0.2, 0.25) is 0 Å². The molecule has 2 rings (SSSR count). The van der Waals surface area contributed by atoms with E-state index in [-0.39, 0.29) is 6.42 Å². The normalized spacial score (nSPS) is 12.9. The van der Waals surface area contributed by atoms with Crippen LogP contribution in [0.5, 0.6) is 0 Å². The minimum absolute atomic E-state index is 0.115. The van der Waals surface area contributed by atoms with E-state index < -0.39 is 12.0 Å². The number of nitrogens with zero attached hydrogens (tertiary/aromatic N) is 3. The van der Waals surface area contributed by atoms with Crippen LogP contribution in [0.15, 0.2) is 24.8 Å². The number of carboxylic acids is 1. The summed E-state index contributed by atoms with van der Waals surface area (Å²) in [7, 11) is 0. The van der Waals surface area contributed by atoms with E-state index in [0.29, 0.717) is 11.3 Å². The van der Waals surface area contributed by atoms with Crippen molar-refractivity contribution >= 4 is 11.6 Å². The zero-order valence-corrected chi connectivity index (χ0v) is 7.87. The summed E-state index contributed by atoms with van der Waals surface area (Å²) in [5.41, 5.74) is 7.08. The molecule has 3 N–H and O–H groups in total. The predicted octanol–water partition coefficient (Wildman–Crippen LogP) is 0.204. The van der Waals surface area contributed by atoms with Crippen LogP contribution in [0, 0.1) is 0 Å². The molecule has 0 saturated heterocycles. The van der Waals surface area contributed by atoms with Crippen molar-refractivity contribution in [1.82, 2.24) is 14.4 Å². The molecule has 0 aromatic carbocycles. The molecule has 0 aliphatic rings. The van der Waals surface area contributed by atoms with Crippen molar-refractivity contribution in [2.45, 2.75) is 12.5 Å². The number of rotatable bonds is 3. The van der Waals surface area contributed by atoms with Gasteiger partial charge in [-0.25, -0.2) is 4.98 Å². The first-order chi connectivity index (χ1) is 7.18. The maximum absolute atomic E-state index is 10.5. The molecule has 0 saturated carbocycles. The molecule has 2 heterocycles. The zero-order valence-electron chi connectivity index (χ0n) is 7.87. The smallest absolute Gasteiger partial charge is 0.305 e. The lowest BCUT2D eigenvalue weighted by Crippen LogP contribution is -2.16. The van der Waals surface area contributed by atoms with Crippen LogP contribution in [0.25, 0.3) is 5.65 Å². The third kappa shape index (κ3) is 1.79. The number of hydrogen-bond donors (Lipinski definition) is 2. The van der Waals surface area contributed by atoms with Gasteiger partial charge in [-0.15, -0.1) is 0 Å². The Morgan fingerprint density at radius 2 is 2.40 bits per heavy atom. The molecule has 1 atom stereocenters. The van der Waals surface area contributed by atoms with E-state index in [1.807, 2.05) is 0 Å². The molecular weight excluding hydrogens is 196 g/mol. The predicted molar refractivity (Wildman–Crippen MR) is 52.2 cm³/mol. The number of nitrogens with two attached hydrogens (primary N) is 1. The number of imidazole rings is 1. The topological polar surface area (TPSA) is 93.5 Å². The van der Waals surface area contributed by atoms with Crippen LogP contribution in [0.4, 0.5) is 0 Å². The van der Waals surface area contributed by atoms with Crippen molar-refractivity contribution in [3.8, 4) is 0 Å². The molecule has 0 radical (unpaired) electrons. The number of fused-ring (bicyclic) bond motifs is 1. The Kier molecular flexibility index (Phi) is 2.34. The van der Waals surface area contributed by atoms with Crippen LogP contribution < -0.4 is 5.73 Å². The fraction of sp³-hybridized carbons (Fsp3) is 0.222. The molecule has 6 nitrogen and oxygen atoms in total. The first-order valence-electron chi connectivity index (χ1n) is 4.43. The van der Waals surface area contributed by atoms with Crippen molar-refractivity contribution in [1.29, 1.82) is 0 Å². The molecule has 0 fully saturated rings. The first kappa shape index (κ1) is 9.60. The minimum atomic E-state index is -0.925. The van der Waals surface area contributed by atoms with Gasteiger partial charge in [0.05, 0.1) is 30.6 Å². The molecule has 2 aromatic heterocycles. The first-order valence-corrected chi connectivity index (χ1v) is 4.43. The fourth-order valence-corrected chi connectivity index (χ4v) is 1.43. The molecule has 0 amide bonds. The lowest BCUT2D eigenvalue weighted by atomic mass is 10.2. The monoisotopic (exact) mass is 206 g/mol. The number of carboxylic acid groups (broad SMARTS) is 1. The van der Waals surface area contributed by atoms with Gasteiger partial charge in [0.2, 0.25) is 0 Å². The molecule has 78 valence electrons.